The average Bonchev–Trinajstić information content (AvgIpc) is 2.48. The maximum Gasteiger partial charge on any atom is 0.222 e. The van der Waals surface area contributed by atoms with Crippen LogP contribution in [0.2, 0.25) is 0 Å². The fraction of sp³-hybridized carbons (Fsp3) is 0.333. The highest BCUT2D eigenvalue weighted by atomic mass is 16.7. The van der Waals surface area contributed by atoms with Crippen molar-refractivity contribution in [3.05, 3.63) is 42.5 Å². The average molecular weight is 278 g/mol. The van der Waals surface area contributed by atoms with Crippen LogP contribution in [0.5, 0.6) is 5.75 Å². The summed E-state index contributed by atoms with van der Waals surface area (Å²) >= 11 is 0. The molecule has 0 saturated heterocycles. The maximum absolute atomic E-state index is 11.9. The number of methoxy groups -OCH3 is 2. The third kappa shape index (κ3) is 4.60. The van der Waals surface area contributed by atoms with Gasteiger partial charge in [-0.3, -0.25) is 9.59 Å². The highest BCUT2D eigenvalue weighted by Crippen LogP contribution is 2.14. The summed E-state index contributed by atoms with van der Waals surface area (Å²) in [5.74, 6) is 0.257. The first kappa shape index (κ1) is 16.1. The summed E-state index contributed by atoms with van der Waals surface area (Å²) in [5, 5.41) is 0. The number of carbonyl (C=O) groups is 2. The number of allylic oxidation sites excluding steroid dienone is 1. The second-order valence-corrected chi connectivity index (χ2v) is 3.96. The Labute approximate surface area is 118 Å². The number of hydrogen-bond acceptors (Lipinski definition) is 5. The summed E-state index contributed by atoms with van der Waals surface area (Å²) in [4.78, 5) is 22.9. The zero-order valence-electron chi connectivity index (χ0n) is 11.6. The van der Waals surface area contributed by atoms with Crippen molar-refractivity contribution in [1.29, 1.82) is 0 Å². The summed E-state index contributed by atoms with van der Waals surface area (Å²) < 4.78 is 15.2. The second-order valence-electron chi connectivity index (χ2n) is 3.96. The fourth-order valence-electron chi connectivity index (χ4n) is 1.53. The van der Waals surface area contributed by atoms with E-state index in [-0.39, 0.29) is 24.6 Å². The van der Waals surface area contributed by atoms with Crippen molar-refractivity contribution in [2.45, 2.75) is 12.7 Å². The first-order valence-corrected chi connectivity index (χ1v) is 6.10. The van der Waals surface area contributed by atoms with Gasteiger partial charge in [0.05, 0.1) is 6.61 Å². The van der Waals surface area contributed by atoms with E-state index in [0.29, 0.717) is 11.3 Å². The van der Waals surface area contributed by atoms with Crippen LogP contribution in [-0.4, -0.2) is 38.7 Å². The Bertz CT molecular complexity index is 460. The van der Waals surface area contributed by atoms with Crippen LogP contribution < -0.4 is 4.74 Å². The summed E-state index contributed by atoms with van der Waals surface area (Å²) in [7, 11) is 2.81. The smallest absolute Gasteiger partial charge is 0.222 e. The predicted molar refractivity (Wildman–Crippen MR) is 73.9 cm³/mol. The summed E-state index contributed by atoms with van der Waals surface area (Å²) in [6.45, 7) is 3.66. The molecule has 0 aliphatic heterocycles. The molecule has 108 valence electrons. The van der Waals surface area contributed by atoms with Gasteiger partial charge >= 0.3 is 0 Å². The topological polar surface area (TPSA) is 61.8 Å². The molecule has 0 aromatic heterocycles. The van der Waals surface area contributed by atoms with E-state index in [2.05, 4.69) is 6.58 Å². The van der Waals surface area contributed by atoms with Crippen LogP contribution in [0, 0.1) is 0 Å². The van der Waals surface area contributed by atoms with Crippen molar-refractivity contribution < 1.29 is 23.8 Å². The Kier molecular flexibility index (Phi) is 6.63. The van der Waals surface area contributed by atoms with Crippen molar-refractivity contribution in [3.8, 4) is 5.75 Å². The number of carbonyl (C=O) groups excluding carboxylic acids is 2. The monoisotopic (exact) mass is 278 g/mol. The molecule has 20 heavy (non-hydrogen) atoms. The molecule has 0 unspecified atom stereocenters. The first-order valence-electron chi connectivity index (χ1n) is 6.10. The van der Waals surface area contributed by atoms with E-state index in [1.54, 1.807) is 24.3 Å². The Balaban J connectivity index is 2.58. The van der Waals surface area contributed by atoms with Crippen LogP contribution in [0.15, 0.2) is 36.9 Å². The molecule has 0 aliphatic carbocycles. The minimum Gasteiger partial charge on any atom is -0.493 e. The zero-order chi connectivity index (χ0) is 15.0. The largest absolute Gasteiger partial charge is 0.493 e. The number of Topliss-reactive ketones (excluding diaryl/α,β-unsaturated/α-hetero) is 1. The van der Waals surface area contributed by atoms with E-state index in [1.165, 1.54) is 20.3 Å². The molecular weight excluding hydrogens is 260 g/mol. The van der Waals surface area contributed by atoms with Crippen LogP contribution in [0.25, 0.3) is 0 Å². The number of ketones is 2. The highest BCUT2D eigenvalue weighted by Gasteiger charge is 2.18. The Hall–Kier alpha value is -1.98. The molecule has 0 spiro atoms. The fourth-order valence-corrected chi connectivity index (χ4v) is 1.53. The molecule has 1 aromatic rings. The highest BCUT2D eigenvalue weighted by molar-refractivity contribution is 5.98. The zero-order valence-corrected chi connectivity index (χ0v) is 11.6. The SMILES string of the molecule is C=CC(=O)CCOc1ccc(C(=O)C(OC)OC)cc1. The third-order valence-corrected chi connectivity index (χ3v) is 2.63. The Morgan fingerprint density at radius 2 is 1.80 bits per heavy atom. The molecular formula is C15H18O5. The molecule has 0 saturated carbocycles. The Morgan fingerprint density at radius 3 is 2.30 bits per heavy atom. The molecule has 5 heteroatoms. The predicted octanol–water partition coefficient (Wildman–Crippen LogP) is 2.01. The number of benzene rings is 1. The van der Waals surface area contributed by atoms with Crippen LogP contribution in [-0.2, 0) is 14.3 Å². The minimum absolute atomic E-state index is 0.0696. The van der Waals surface area contributed by atoms with Gasteiger partial charge < -0.3 is 14.2 Å². The van der Waals surface area contributed by atoms with E-state index >= 15 is 0 Å². The number of hydrogen-bond donors (Lipinski definition) is 0. The van der Waals surface area contributed by atoms with Gasteiger partial charge in [-0.15, -0.1) is 0 Å². The normalized spacial score (nSPS) is 10.3. The standard InChI is InChI=1S/C15H18O5/c1-4-12(16)9-10-20-13-7-5-11(6-8-13)14(17)15(18-2)19-3/h4-8,15H,1,9-10H2,2-3H3. The van der Waals surface area contributed by atoms with Gasteiger partial charge in [-0.2, -0.15) is 0 Å². The molecule has 1 aromatic carbocycles. The van der Waals surface area contributed by atoms with Gasteiger partial charge in [0.2, 0.25) is 12.1 Å². The van der Waals surface area contributed by atoms with E-state index in [9.17, 15) is 9.59 Å². The van der Waals surface area contributed by atoms with Gasteiger partial charge in [0.1, 0.15) is 5.75 Å². The lowest BCUT2D eigenvalue weighted by Crippen LogP contribution is -2.24. The molecule has 0 bridgehead atoms. The molecule has 0 heterocycles. The van der Waals surface area contributed by atoms with E-state index in [1.807, 2.05) is 0 Å². The van der Waals surface area contributed by atoms with Crippen LogP contribution in [0.1, 0.15) is 16.8 Å². The molecule has 0 atom stereocenters. The molecule has 0 fully saturated rings. The summed E-state index contributed by atoms with van der Waals surface area (Å²) in [6, 6.07) is 6.57. The van der Waals surface area contributed by atoms with Gasteiger partial charge in [0.15, 0.2) is 5.78 Å². The van der Waals surface area contributed by atoms with Crippen molar-refractivity contribution >= 4 is 11.6 Å². The van der Waals surface area contributed by atoms with E-state index in [4.69, 9.17) is 14.2 Å². The third-order valence-electron chi connectivity index (χ3n) is 2.63. The van der Waals surface area contributed by atoms with Crippen molar-refractivity contribution in [1.82, 2.24) is 0 Å². The summed E-state index contributed by atoms with van der Waals surface area (Å²) in [6.07, 6.45) is 0.632. The van der Waals surface area contributed by atoms with Crippen LogP contribution in [0.4, 0.5) is 0 Å². The van der Waals surface area contributed by atoms with Gasteiger partial charge in [0, 0.05) is 26.2 Å². The van der Waals surface area contributed by atoms with Gasteiger partial charge in [-0.05, 0) is 30.3 Å². The van der Waals surface area contributed by atoms with E-state index < -0.39 is 6.29 Å². The molecule has 0 N–H and O–H groups in total. The van der Waals surface area contributed by atoms with Gasteiger partial charge in [0.25, 0.3) is 0 Å². The number of ether oxygens (including phenoxy) is 3. The summed E-state index contributed by atoms with van der Waals surface area (Å²) in [5.41, 5.74) is 0.466. The first-order chi connectivity index (χ1) is 9.62. The van der Waals surface area contributed by atoms with Gasteiger partial charge in [-0.1, -0.05) is 6.58 Å². The van der Waals surface area contributed by atoms with E-state index in [0.717, 1.165) is 0 Å². The second kappa shape index (κ2) is 8.24. The van der Waals surface area contributed by atoms with Crippen LogP contribution >= 0.6 is 0 Å². The lowest BCUT2D eigenvalue weighted by atomic mass is 10.1. The van der Waals surface area contributed by atoms with Crippen molar-refractivity contribution in [3.63, 3.8) is 0 Å². The molecule has 0 radical (unpaired) electrons. The molecule has 1 rings (SSSR count). The lowest BCUT2D eigenvalue weighted by Gasteiger charge is -2.12. The van der Waals surface area contributed by atoms with Crippen molar-refractivity contribution in [2.24, 2.45) is 0 Å². The minimum atomic E-state index is -0.910. The Morgan fingerprint density at radius 1 is 1.20 bits per heavy atom. The molecule has 5 nitrogen and oxygen atoms in total. The number of rotatable bonds is 9. The van der Waals surface area contributed by atoms with Gasteiger partial charge in [-0.25, -0.2) is 0 Å². The lowest BCUT2D eigenvalue weighted by molar-refractivity contribution is -0.115. The maximum atomic E-state index is 11.9. The molecule has 0 amide bonds. The van der Waals surface area contributed by atoms with Crippen molar-refractivity contribution in [2.75, 3.05) is 20.8 Å². The quantitative estimate of drug-likeness (QED) is 0.393. The van der Waals surface area contributed by atoms with Crippen LogP contribution in [0.3, 0.4) is 0 Å². The molecule has 0 aliphatic rings.